The minimum atomic E-state index is -0.520. The molecule has 1 aliphatic heterocycles. The number of amides is 1. The minimum Gasteiger partial charge on any atom is -0.493 e. The first-order valence-corrected chi connectivity index (χ1v) is 5.46. The summed E-state index contributed by atoms with van der Waals surface area (Å²) in [7, 11) is 4.71. The Hall–Kier alpha value is -2.24. The van der Waals surface area contributed by atoms with Gasteiger partial charge in [0.25, 0.3) is 5.91 Å². The lowest BCUT2D eigenvalue weighted by Crippen LogP contribution is -2.24. The predicted octanol–water partition coefficient (Wildman–Crippen LogP) is 0.450. The van der Waals surface area contributed by atoms with E-state index in [0.717, 1.165) is 0 Å². The van der Waals surface area contributed by atoms with Crippen LogP contribution in [0.3, 0.4) is 0 Å². The highest BCUT2D eigenvalue weighted by Gasteiger charge is 2.32. The molecule has 1 aliphatic rings. The lowest BCUT2D eigenvalue weighted by atomic mass is 10.1. The number of ether oxygens (including phenoxy) is 2. The molecular weight excluding hydrogens is 234 g/mol. The van der Waals surface area contributed by atoms with Gasteiger partial charge in [0, 0.05) is 12.6 Å². The number of methoxy groups -OCH3 is 2. The van der Waals surface area contributed by atoms with E-state index in [1.165, 1.54) is 0 Å². The van der Waals surface area contributed by atoms with Crippen LogP contribution in [-0.2, 0) is 4.79 Å². The Kier molecular flexibility index (Phi) is 3.36. The van der Waals surface area contributed by atoms with E-state index in [0.29, 0.717) is 23.0 Å². The molecule has 96 valence electrons. The number of hydrogen-bond acceptors (Lipinski definition) is 4. The van der Waals surface area contributed by atoms with Crippen molar-refractivity contribution in [3.63, 3.8) is 0 Å². The van der Waals surface area contributed by atoms with E-state index in [4.69, 9.17) is 9.47 Å². The van der Waals surface area contributed by atoms with Crippen LogP contribution >= 0.6 is 0 Å². The normalized spacial score (nSPS) is 20.5. The Morgan fingerprint density at radius 3 is 2.61 bits per heavy atom. The molecule has 1 fully saturated rings. The van der Waals surface area contributed by atoms with Crippen molar-refractivity contribution >= 4 is 11.9 Å². The first-order valence-electron chi connectivity index (χ1n) is 5.46. The average Bonchev–Trinajstić information content (AvgIpc) is 2.78. The summed E-state index contributed by atoms with van der Waals surface area (Å²) in [5.41, 5.74) is 0.716. The molecule has 1 aromatic carbocycles. The highest BCUT2D eigenvalue weighted by Crippen LogP contribution is 2.35. The van der Waals surface area contributed by atoms with Crippen LogP contribution in [0.15, 0.2) is 23.2 Å². The summed E-state index contributed by atoms with van der Waals surface area (Å²) in [6.07, 6.45) is 0. The number of rotatable bonds is 3. The minimum absolute atomic E-state index is 0.165. The maximum absolute atomic E-state index is 11.9. The number of carbonyl (C=O) groups excluding carboxylic acids is 1. The van der Waals surface area contributed by atoms with Gasteiger partial charge in [-0.25, -0.2) is 0 Å². The molecule has 1 amide bonds. The second-order valence-electron chi connectivity index (χ2n) is 3.72. The maximum atomic E-state index is 11.9. The number of benzene rings is 1. The fourth-order valence-corrected chi connectivity index (χ4v) is 1.91. The van der Waals surface area contributed by atoms with Crippen LogP contribution in [0.5, 0.6) is 11.5 Å². The third kappa shape index (κ3) is 1.97. The summed E-state index contributed by atoms with van der Waals surface area (Å²) >= 11 is 0. The van der Waals surface area contributed by atoms with Gasteiger partial charge < -0.3 is 14.8 Å². The first kappa shape index (κ1) is 12.2. The Morgan fingerprint density at radius 2 is 2.06 bits per heavy atom. The first-order chi connectivity index (χ1) is 8.71. The number of guanidine groups is 1. The number of aliphatic imine (C=N–C) groups is 1. The van der Waals surface area contributed by atoms with Gasteiger partial charge in [0.2, 0.25) is 0 Å². The van der Waals surface area contributed by atoms with E-state index in [1.54, 1.807) is 27.3 Å². The molecule has 2 rings (SSSR count). The molecule has 1 aromatic rings. The Balaban J connectivity index is 2.42. The van der Waals surface area contributed by atoms with Crippen molar-refractivity contribution in [3.05, 3.63) is 23.8 Å². The van der Waals surface area contributed by atoms with E-state index >= 15 is 0 Å². The summed E-state index contributed by atoms with van der Waals surface area (Å²) in [5.74, 6) is 1.42. The Morgan fingerprint density at radius 1 is 1.28 bits per heavy atom. The topological polar surface area (TPSA) is 72.0 Å². The van der Waals surface area contributed by atoms with E-state index in [9.17, 15) is 4.79 Å². The van der Waals surface area contributed by atoms with Crippen LogP contribution in [-0.4, -0.2) is 33.1 Å². The molecule has 6 heteroatoms. The largest absolute Gasteiger partial charge is 0.493 e. The van der Waals surface area contributed by atoms with Crippen molar-refractivity contribution < 1.29 is 14.3 Å². The summed E-state index contributed by atoms with van der Waals surface area (Å²) in [5, 5.41) is 5.63. The van der Waals surface area contributed by atoms with Crippen molar-refractivity contribution in [2.45, 2.75) is 6.04 Å². The molecule has 0 aromatic heterocycles. The van der Waals surface area contributed by atoms with Gasteiger partial charge >= 0.3 is 0 Å². The van der Waals surface area contributed by atoms with E-state index in [-0.39, 0.29) is 5.91 Å². The summed E-state index contributed by atoms with van der Waals surface area (Å²) in [6, 6.07) is 4.89. The van der Waals surface area contributed by atoms with Gasteiger partial charge in [-0.2, -0.15) is 0 Å². The zero-order chi connectivity index (χ0) is 13.1. The molecule has 0 bridgehead atoms. The number of nitrogens with zero attached hydrogens (tertiary/aromatic N) is 1. The Labute approximate surface area is 105 Å². The van der Waals surface area contributed by atoms with Crippen LogP contribution in [0, 0.1) is 0 Å². The highest BCUT2D eigenvalue weighted by molar-refractivity contribution is 6.07. The molecule has 0 saturated carbocycles. The van der Waals surface area contributed by atoms with Crippen molar-refractivity contribution in [1.82, 2.24) is 10.6 Å². The van der Waals surface area contributed by atoms with Gasteiger partial charge in [0.1, 0.15) is 6.04 Å². The summed E-state index contributed by atoms with van der Waals surface area (Å²) < 4.78 is 10.5. The van der Waals surface area contributed by atoms with Crippen LogP contribution in [0.2, 0.25) is 0 Å². The zero-order valence-corrected chi connectivity index (χ0v) is 10.5. The van der Waals surface area contributed by atoms with Crippen LogP contribution in [0.25, 0.3) is 0 Å². The molecule has 1 unspecified atom stereocenters. The molecule has 0 spiro atoms. The quantitative estimate of drug-likeness (QED) is 0.816. The monoisotopic (exact) mass is 249 g/mol. The number of para-hydroxylation sites is 1. The van der Waals surface area contributed by atoms with E-state index in [2.05, 4.69) is 15.6 Å². The lowest BCUT2D eigenvalue weighted by molar-refractivity contribution is -0.120. The maximum Gasteiger partial charge on any atom is 0.254 e. The standard InChI is InChI=1S/C12H15N3O3/c1-13-12-14-9(11(16)15-12)7-5-4-6-8(17-2)10(7)18-3/h4-6,9H,1-3H3,(H2,13,14,15,16). The van der Waals surface area contributed by atoms with E-state index < -0.39 is 6.04 Å². The third-order valence-corrected chi connectivity index (χ3v) is 2.75. The van der Waals surface area contributed by atoms with Gasteiger partial charge in [0.05, 0.1) is 14.2 Å². The Bertz CT molecular complexity index is 499. The third-order valence-electron chi connectivity index (χ3n) is 2.75. The summed E-state index contributed by atoms with van der Waals surface area (Å²) in [4.78, 5) is 15.8. The smallest absolute Gasteiger partial charge is 0.254 e. The fourth-order valence-electron chi connectivity index (χ4n) is 1.91. The summed E-state index contributed by atoms with van der Waals surface area (Å²) in [6.45, 7) is 0. The van der Waals surface area contributed by atoms with Gasteiger partial charge in [-0.3, -0.25) is 15.1 Å². The molecule has 6 nitrogen and oxygen atoms in total. The number of carbonyl (C=O) groups is 1. The zero-order valence-electron chi connectivity index (χ0n) is 10.5. The molecule has 0 aliphatic carbocycles. The highest BCUT2D eigenvalue weighted by atomic mass is 16.5. The van der Waals surface area contributed by atoms with Gasteiger partial charge in [-0.1, -0.05) is 12.1 Å². The van der Waals surface area contributed by atoms with E-state index in [1.807, 2.05) is 12.1 Å². The molecular formula is C12H15N3O3. The van der Waals surface area contributed by atoms with Crippen LogP contribution in [0.1, 0.15) is 11.6 Å². The van der Waals surface area contributed by atoms with Gasteiger partial charge in [-0.05, 0) is 6.07 Å². The van der Waals surface area contributed by atoms with Crippen LogP contribution < -0.4 is 20.1 Å². The number of hydrogen-bond donors (Lipinski definition) is 2. The number of nitrogens with one attached hydrogen (secondary N) is 2. The molecule has 2 N–H and O–H groups in total. The molecule has 0 radical (unpaired) electrons. The predicted molar refractivity (Wildman–Crippen MR) is 66.9 cm³/mol. The second-order valence-corrected chi connectivity index (χ2v) is 3.72. The second kappa shape index (κ2) is 4.95. The van der Waals surface area contributed by atoms with Crippen molar-refractivity contribution in [2.24, 2.45) is 4.99 Å². The van der Waals surface area contributed by atoms with Crippen molar-refractivity contribution in [3.8, 4) is 11.5 Å². The molecule has 1 atom stereocenters. The lowest BCUT2D eigenvalue weighted by Gasteiger charge is -2.15. The van der Waals surface area contributed by atoms with Crippen LogP contribution in [0.4, 0.5) is 0 Å². The van der Waals surface area contributed by atoms with Crippen molar-refractivity contribution in [1.29, 1.82) is 0 Å². The van der Waals surface area contributed by atoms with Crippen molar-refractivity contribution in [2.75, 3.05) is 21.3 Å². The average molecular weight is 249 g/mol. The fraction of sp³-hybridized carbons (Fsp3) is 0.333. The SMILES string of the molecule is CN=C1NC(=O)C(c2cccc(OC)c2OC)N1. The molecule has 18 heavy (non-hydrogen) atoms. The van der Waals surface area contributed by atoms with Gasteiger partial charge in [-0.15, -0.1) is 0 Å². The van der Waals surface area contributed by atoms with Gasteiger partial charge in [0.15, 0.2) is 17.5 Å². The molecule has 1 saturated heterocycles. The molecule has 1 heterocycles.